The number of carbonyl (C=O) groups is 1. The first-order valence-electron chi connectivity index (χ1n) is 7.15. The van der Waals surface area contributed by atoms with Crippen molar-refractivity contribution in [2.24, 2.45) is 5.92 Å². The lowest BCUT2D eigenvalue weighted by Gasteiger charge is -2.11. The van der Waals surface area contributed by atoms with Crippen LogP contribution in [0.1, 0.15) is 41.1 Å². The van der Waals surface area contributed by atoms with Gasteiger partial charge in [0.15, 0.2) is 5.69 Å². The molecule has 1 aromatic heterocycles. The summed E-state index contributed by atoms with van der Waals surface area (Å²) in [6.07, 6.45) is 4.12. The van der Waals surface area contributed by atoms with Crippen LogP contribution in [0.5, 0.6) is 0 Å². The van der Waals surface area contributed by atoms with Gasteiger partial charge in [0, 0.05) is 24.5 Å². The third kappa shape index (κ3) is 3.26. The number of aromatic nitrogens is 1. The summed E-state index contributed by atoms with van der Waals surface area (Å²) in [6.45, 7) is 0.999. The molecule has 1 unspecified atom stereocenters. The standard InChI is InChI=1S/C13H18N2O5S/c16-13(12-10-3-1-2-4-11(10)20-14-12)15-21(17,18)8-9-5-6-19-7-9/h9H,1-8H2,(H,15,16). The highest BCUT2D eigenvalue weighted by atomic mass is 32.2. The number of nitrogens with one attached hydrogen (secondary N) is 1. The zero-order valence-corrected chi connectivity index (χ0v) is 12.4. The molecule has 0 radical (unpaired) electrons. The van der Waals surface area contributed by atoms with Crippen molar-refractivity contribution in [3.8, 4) is 0 Å². The maximum atomic E-state index is 12.1. The number of hydrogen-bond donors (Lipinski definition) is 1. The van der Waals surface area contributed by atoms with Gasteiger partial charge in [-0.2, -0.15) is 0 Å². The van der Waals surface area contributed by atoms with Gasteiger partial charge in [-0.15, -0.1) is 0 Å². The number of rotatable bonds is 4. The zero-order valence-electron chi connectivity index (χ0n) is 11.6. The van der Waals surface area contributed by atoms with Crippen LogP contribution in [0.3, 0.4) is 0 Å². The van der Waals surface area contributed by atoms with Crippen LogP contribution in [0.15, 0.2) is 4.52 Å². The van der Waals surface area contributed by atoms with E-state index in [1.165, 1.54) is 0 Å². The van der Waals surface area contributed by atoms with Crippen molar-refractivity contribution >= 4 is 15.9 Å². The van der Waals surface area contributed by atoms with Crippen molar-refractivity contribution in [1.82, 2.24) is 9.88 Å². The summed E-state index contributed by atoms with van der Waals surface area (Å²) in [4.78, 5) is 12.1. The molecular weight excluding hydrogens is 296 g/mol. The molecular formula is C13H18N2O5S. The van der Waals surface area contributed by atoms with Crippen LogP contribution >= 0.6 is 0 Å². The predicted molar refractivity (Wildman–Crippen MR) is 73.3 cm³/mol. The average Bonchev–Trinajstić information content (AvgIpc) is 3.06. The van der Waals surface area contributed by atoms with Gasteiger partial charge in [-0.1, -0.05) is 5.16 Å². The van der Waals surface area contributed by atoms with Crippen LogP contribution in [-0.4, -0.2) is 38.4 Å². The van der Waals surface area contributed by atoms with E-state index < -0.39 is 15.9 Å². The summed E-state index contributed by atoms with van der Waals surface area (Å²) in [5.74, 6) is -0.144. The summed E-state index contributed by atoms with van der Waals surface area (Å²) >= 11 is 0. The monoisotopic (exact) mass is 314 g/mol. The minimum Gasteiger partial charge on any atom is -0.381 e. The second kappa shape index (κ2) is 5.76. The van der Waals surface area contributed by atoms with Gasteiger partial charge in [-0.25, -0.2) is 13.1 Å². The van der Waals surface area contributed by atoms with Gasteiger partial charge in [0.05, 0.1) is 12.4 Å². The molecule has 21 heavy (non-hydrogen) atoms. The Labute approximate surface area is 123 Å². The molecule has 1 aliphatic heterocycles. The highest BCUT2D eigenvalue weighted by molar-refractivity contribution is 7.90. The number of ether oxygens (including phenoxy) is 1. The predicted octanol–water partition coefficient (Wildman–Crippen LogP) is 0.649. The number of sulfonamides is 1. The highest BCUT2D eigenvalue weighted by Gasteiger charge is 2.29. The van der Waals surface area contributed by atoms with Crippen molar-refractivity contribution in [3.63, 3.8) is 0 Å². The molecule has 1 N–H and O–H groups in total. The van der Waals surface area contributed by atoms with Gasteiger partial charge in [0.2, 0.25) is 10.0 Å². The molecule has 1 amide bonds. The van der Waals surface area contributed by atoms with E-state index in [0.29, 0.717) is 31.8 Å². The molecule has 1 saturated heterocycles. The lowest BCUT2D eigenvalue weighted by Crippen LogP contribution is -2.35. The largest absolute Gasteiger partial charge is 0.381 e. The number of amides is 1. The lowest BCUT2D eigenvalue weighted by molar-refractivity contribution is 0.0971. The number of nitrogens with zero attached hydrogens (tertiary/aromatic N) is 1. The van der Waals surface area contributed by atoms with Crippen molar-refractivity contribution < 1.29 is 22.5 Å². The van der Waals surface area contributed by atoms with Crippen molar-refractivity contribution in [2.45, 2.75) is 32.1 Å². The number of fused-ring (bicyclic) bond motifs is 1. The Morgan fingerprint density at radius 3 is 2.90 bits per heavy atom. The van der Waals surface area contributed by atoms with E-state index in [0.717, 1.165) is 24.8 Å². The molecule has 0 saturated carbocycles. The Morgan fingerprint density at radius 2 is 2.14 bits per heavy atom. The summed E-state index contributed by atoms with van der Waals surface area (Å²) in [7, 11) is -3.68. The fraction of sp³-hybridized carbons (Fsp3) is 0.692. The van der Waals surface area contributed by atoms with E-state index in [9.17, 15) is 13.2 Å². The van der Waals surface area contributed by atoms with Crippen molar-refractivity contribution in [1.29, 1.82) is 0 Å². The van der Waals surface area contributed by atoms with Crippen LogP contribution in [0.25, 0.3) is 0 Å². The second-order valence-electron chi connectivity index (χ2n) is 5.58. The third-order valence-electron chi connectivity index (χ3n) is 3.89. The molecule has 1 aliphatic carbocycles. The van der Waals surface area contributed by atoms with E-state index in [4.69, 9.17) is 9.26 Å². The minimum atomic E-state index is -3.68. The molecule has 2 heterocycles. The second-order valence-corrected chi connectivity index (χ2v) is 7.35. The van der Waals surface area contributed by atoms with E-state index >= 15 is 0 Å². The lowest BCUT2D eigenvalue weighted by atomic mass is 9.96. The van der Waals surface area contributed by atoms with Crippen LogP contribution in [0.2, 0.25) is 0 Å². The Kier molecular flexibility index (Phi) is 3.99. The molecule has 1 aromatic rings. The summed E-state index contributed by atoms with van der Waals surface area (Å²) in [5, 5.41) is 3.74. The maximum Gasteiger partial charge on any atom is 0.287 e. The number of carbonyl (C=O) groups excluding carboxylic acids is 1. The molecule has 3 rings (SSSR count). The van der Waals surface area contributed by atoms with Gasteiger partial charge in [0.1, 0.15) is 5.76 Å². The summed E-state index contributed by atoms with van der Waals surface area (Å²) in [6, 6.07) is 0. The molecule has 116 valence electrons. The quantitative estimate of drug-likeness (QED) is 0.876. The Hall–Kier alpha value is -1.41. The van der Waals surface area contributed by atoms with Crippen LogP contribution in [-0.2, 0) is 27.6 Å². The Balaban J connectivity index is 1.69. The van der Waals surface area contributed by atoms with Crippen LogP contribution in [0.4, 0.5) is 0 Å². The van der Waals surface area contributed by atoms with Gasteiger partial charge in [-0.05, 0) is 25.7 Å². The van der Waals surface area contributed by atoms with Crippen molar-refractivity contribution in [3.05, 3.63) is 17.0 Å². The summed E-state index contributed by atoms with van der Waals surface area (Å²) in [5.41, 5.74) is 0.856. The van der Waals surface area contributed by atoms with Crippen LogP contribution < -0.4 is 4.72 Å². The summed E-state index contributed by atoms with van der Waals surface area (Å²) < 4.78 is 36.4. The third-order valence-corrected chi connectivity index (χ3v) is 5.30. The topological polar surface area (TPSA) is 98.5 Å². The maximum absolute atomic E-state index is 12.1. The Bertz CT molecular complexity index is 631. The van der Waals surface area contributed by atoms with Crippen LogP contribution in [0, 0.1) is 5.92 Å². The van der Waals surface area contributed by atoms with Gasteiger partial charge >= 0.3 is 0 Å². The molecule has 0 aromatic carbocycles. The smallest absolute Gasteiger partial charge is 0.287 e. The molecule has 1 atom stereocenters. The molecule has 2 aliphatic rings. The Morgan fingerprint density at radius 1 is 1.33 bits per heavy atom. The first-order chi connectivity index (χ1) is 10.1. The number of aryl methyl sites for hydroxylation is 1. The fourth-order valence-corrected chi connectivity index (χ4v) is 4.17. The molecule has 0 spiro atoms. The van der Waals surface area contributed by atoms with E-state index in [1.54, 1.807) is 0 Å². The normalized spacial score (nSPS) is 22.0. The number of hydrogen-bond acceptors (Lipinski definition) is 6. The van der Waals surface area contributed by atoms with Gasteiger partial charge in [-0.3, -0.25) is 4.79 Å². The first-order valence-corrected chi connectivity index (χ1v) is 8.80. The molecule has 8 heteroatoms. The molecule has 0 bridgehead atoms. The van der Waals surface area contributed by atoms with Gasteiger partial charge in [0.25, 0.3) is 5.91 Å². The van der Waals surface area contributed by atoms with E-state index in [2.05, 4.69) is 9.88 Å². The SMILES string of the molecule is O=C(NS(=O)(=O)CC1CCOC1)c1noc2c1CCCC2. The minimum absolute atomic E-state index is 0.0541. The van der Waals surface area contributed by atoms with Gasteiger partial charge < -0.3 is 9.26 Å². The first kappa shape index (κ1) is 14.5. The van der Waals surface area contributed by atoms with Crippen molar-refractivity contribution in [2.75, 3.05) is 19.0 Å². The molecule has 1 fully saturated rings. The average molecular weight is 314 g/mol. The molecule has 7 nitrogen and oxygen atoms in total. The zero-order chi connectivity index (χ0) is 14.9. The van der Waals surface area contributed by atoms with E-state index in [1.807, 2.05) is 0 Å². The fourth-order valence-electron chi connectivity index (χ4n) is 2.82. The van der Waals surface area contributed by atoms with E-state index in [-0.39, 0.29) is 17.4 Å². The highest BCUT2D eigenvalue weighted by Crippen LogP contribution is 2.24.